The molecular weight excluding hydrogens is 196 g/mol. The first-order valence-electron chi connectivity index (χ1n) is 3.58. The Morgan fingerprint density at radius 1 is 1.25 bits per heavy atom. The van der Waals surface area contributed by atoms with Crippen LogP contribution in [0.1, 0.15) is 0 Å². The first-order chi connectivity index (χ1) is 5.72. The second-order valence-electron chi connectivity index (χ2n) is 1.99. The maximum Gasteiger partial charge on any atom is 0.326 e. The minimum Gasteiger partial charge on any atom is -0.480 e. The molecule has 0 unspecified atom stereocenters. The minimum absolute atomic E-state index is 0.419. The third kappa shape index (κ3) is 5.70. The maximum absolute atomic E-state index is 10.6. The molecule has 0 aliphatic carbocycles. The Balaban J connectivity index is 3.62. The highest BCUT2D eigenvalue weighted by Crippen LogP contribution is 2.22. The van der Waals surface area contributed by atoms with Crippen molar-refractivity contribution in [2.24, 2.45) is 11.5 Å². The molecule has 0 aromatic rings. The van der Waals surface area contributed by atoms with Crippen molar-refractivity contribution in [3.63, 3.8) is 0 Å². The number of carboxylic acid groups (broad SMARTS) is 1. The Hall–Kier alpha value is 0.0900. The van der Waals surface area contributed by atoms with Crippen molar-refractivity contribution >= 4 is 29.5 Å². The second-order valence-corrected chi connectivity index (χ2v) is 4.71. The van der Waals surface area contributed by atoms with Gasteiger partial charge in [0.15, 0.2) is 0 Å². The normalized spacial score (nSPS) is 10.6. The van der Waals surface area contributed by atoms with Gasteiger partial charge >= 0.3 is 5.97 Å². The zero-order valence-corrected chi connectivity index (χ0v) is 8.37. The van der Waals surface area contributed by atoms with Gasteiger partial charge in [-0.25, -0.2) is 0 Å². The summed E-state index contributed by atoms with van der Waals surface area (Å²) in [6.07, 6.45) is 0. The quantitative estimate of drug-likeness (QED) is 0.503. The number of nitrogens with two attached hydrogens (primary N) is 2. The zero-order valence-electron chi connectivity index (χ0n) is 6.73. The molecule has 12 heavy (non-hydrogen) atoms. The highest BCUT2D eigenvalue weighted by molar-refractivity contribution is 8.18. The molecule has 0 rings (SSSR count). The van der Waals surface area contributed by atoms with Gasteiger partial charge in [0.1, 0.15) is 4.58 Å². The molecule has 0 aliphatic rings. The summed E-state index contributed by atoms with van der Waals surface area (Å²) in [5.41, 5.74) is 10.5. The van der Waals surface area contributed by atoms with E-state index in [2.05, 4.69) is 0 Å². The van der Waals surface area contributed by atoms with Crippen molar-refractivity contribution in [3.8, 4) is 0 Å². The number of hydrogen-bond acceptors (Lipinski definition) is 5. The van der Waals surface area contributed by atoms with E-state index in [9.17, 15) is 4.79 Å². The second kappa shape index (κ2) is 7.72. The summed E-state index contributed by atoms with van der Waals surface area (Å²) in [6, 6.07) is 0. The van der Waals surface area contributed by atoms with Crippen LogP contribution in [-0.4, -0.2) is 40.3 Å². The van der Waals surface area contributed by atoms with Gasteiger partial charge in [-0.1, -0.05) is 0 Å². The molecule has 4 nitrogen and oxygen atoms in total. The van der Waals surface area contributed by atoms with E-state index in [0.717, 1.165) is 0 Å². The molecule has 0 aromatic carbocycles. The first kappa shape index (κ1) is 12.1. The third-order valence-corrected chi connectivity index (χ3v) is 3.74. The smallest absolute Gasteiger partial charge is 0.326 e. The third-order valence-electron chi connectivity index (χ3n) is 0.976. The van der Waals surface area contributed by atoms with Crippen LogP contribution in [0.15, 0.2) is 0 Å². The van der Waals surface area contributed by atoms with E-state index in [1.54, 1.807) is 0 Å². The largest absolute Gasteiger partial charge is 0.480 e. The zero-order chi connectivity index (χ0) is 9.40. The van der Waals surface area contributed by atoms with Crippen molar-refractivity contribution in [2.45, 2.75) is 4.58 Å². The molecule has 0 aliphatic heterocycles. The van der Waals surface area contributed by atoms with Gasteiger partial charge in [-0.15, -0.1) is 23.5 Å². The monoisotopic (exact) mass is 210 g/mol. The van der Waals surface area contributed by atoms with E-state index in [1.807, 2.05) is 0 Å². The summed E-state index contributed by atoms with van der Waals surface area (Å²) >= 11 is 2.70. The lowest BCUT2D eigenvalue weighted by Gasteiger charge is -2.09. The highest BCUT2D eigenvalue weighted by atomic mass is 32.2. The standard InChI is InChI=1S/C6H14N2O2S2/c7-1-3-11-6(5(9)10)12-4-2-8/h6H,1-4,7-8H2,(H,9,10). The summed E-state index contributed by atoms with van der Waals surface area (Å²) < 4.78 is -0.419. The van der Waals surface area contributed by atoms with Gasteiger partial charge in [-0.05, 0) is 0 Å². The molecule has 5 N–H and O–H groups in total. The predicted octanol–water partition coefficient (Wildman–Crippen LogP) is -0.219. The number of rotatable bonds is 7. The topological polar surface area (TPSA) is 89.3 Å². The molecule has 0 heterocycles. The lowest BCUT2D eigenvalue weighted by Crippen LogP contribution is -2.17. The number of thioether (sulfide) groups is 2. The van der Waals surface area contributed by atoms with Gasteiger partial charge in [0, 0.05) is 24.6 Å². The van der Waals surface area contributed by atoms with Gasteiger partial charge in [-0.2, -0.15) is 0 Å². The fraction of sp³-hybridized carbons (Fsp3) is 0.833. The van der Waals surface area contributed by atoms with E-state index in [0.29, 0.717) is 24.6 Å². The lowest BCUT2D eigenvalue weighted by atomic mass is 10.8. The summed E-state index contributed by atoms with van der Waals surface area (Å²) in [4.78, 5) is 10.6. The molecule has 72 valence electrons. The SMILES string of the molecule is NCCSC(SCCN)C(=O)O. The summed E-state index contributed by atoms with van der Waals surface area (Å²) in [7, 11) is 0. The van der Waals surface area contributed by atoms with Crippen molar-refractivity contribution < 1.29 is 9.90 Å². The van der Waals surface area contributed by atoms with Gasteiger partial charge < -0.3 is 16.6 Å². The Bertz CT molecular complexity index is 127. The van der Waals surface area contributed by atoms with Gasteiger partial charge in [0.05, 0.1) is 0 Å². The minimum atomic E-state index is -0.799. The van der Waals surface area contributed by atoms with Crippen molar-refractivity contribution in [1.82, 2.24) is 0 Å². The van der Waals surface area contributed by atoms with Crippen molar-refractivity contribution in [2.75, 3.05) is 24.6 Å². The van der Waals surface area contributed by atoms with Crippen LogP contribution in [0.5, 0.6) is 0 Å². The molecule has 0 radical (unpaired) electrons. The molecule has 0 atom stereocenters. The number of hydrogen-bond donors (Lipinski definition) is 3. The number of aliphatic carboxylic acids is 1. The van der Waals surface area contributed by atoms with Crippen LogP contribution < -0.4 is 11.5 Å². The predicted molar refractivity (Wildman–Crippen MR) is 54.4 cm³/mol. The molecule has 0 bridgehead atoms. The van der Waals surface area contributed by atoms with Crippen LogP contribution in [0.3, 0.4) is 0 Å². The number of carboxylic acids is 1. The molecule has 0 amide bonds. The van der Waals surface area contributed by atoms with Gasteiger partial charge in [0.2, 0.25) is 0 Å². The Morgan fingerprint density at radius 2 is 1.67 bits per heavy atom. The van der Waals surface area contributed by atoms with Crippen LogP contribution in [0.25, 0.3) is 0 Å². The maximum atomic E-state index is 10.6. The fourth-order valence-electron chi connectivity index (χ4n) is 0.541. The molecule has 0 fully saturated rings. The molecule has 0 saturated carbocycles. The van der Waals surface area contributed by atoms with Crippen LogP contribution >= 0.6 is 23.5 Å². The van der Waals surface area contributed by atoms with E-state index in [4.69, 9.17) is 16.6 Å². The average molecular weight is 210 g/mol. The van der Waals surface area contributed by atoms with E-state index < -0.39 is 10.6 Å². The average Bonchev–Trinajstić information content (AvgIpc) is 2.04. The Kier molecular flexibility index (Phi) is 7.78. The molecule has 6 heteroatoms. The molecule has 0 aromatic heterocycles. The first-order valence-corrected chi connectivity index (χ1v) is 5.68. The van der Waals surface area contributed by atoms with E-state index >= 15 is 0 Å². The number of carbonyl (C=O) groups is 1. The summed E-state index contributed by atoms with van der Waals surface area (Å²) in [5, 5.41) is 8.70. The fourth-order valence-corrected chi connectivity index (χ4v) is 2.49. The summed E-state index contributed by atoms with van der Waals surface area (Å²) in [5.74, 6) is 0.551. The Morgan fingerprint density at radius 3 is 1.92 bits per heavy atom. The van der Waals surface area contributed by atoms with E-state index in [-0.39, 0.29) is 0 Å². The molecule has 0 spiro atoms. The summed E-state index contributed by atoms with van der Waals surface area (Å²) in [6.45, 7) is 1.02. The van der Waals surface area contributed by atoms with Gasteiger partial charge in [-0.3, -0.25) is 4.79 Å². The van der Waals surface area contributed by atoms with Crippen molar-refractivity contribution in [3.05, 3.63) is 0 Å². The van der Waals surface area contributed by atoms with Crippen LogP contribution in [-0.2, 0) is 4.79 Å². The van der Waals surface area contributed by atoms with Crippen molar-refractivity contribution in [1.29, 1.82) is 0 Å². The molecule has 0 saturated heterocycles. The van der Waals surface area contributed by atoms with Gasteiger partial charge in [0.25, 0.3) is 0 Å². The van der Waals surface area contributed by atoms with Crippen LogP contribution in [0, 0.1) is 0 Å². The molecular formula is C6H14N2O2S2. The Labute approximate surface area is 80.4 Å². The van der Waals surface area contributed by atoms with Crippen LogP contribution in [0.4, 0.5) is 0 Å². The van der Waals surface area contributed by atoms with E-state index in [1.165, 1.54) is 23.5 Å². The highest BCUT2D eigenvalue weighted by Gasteiger charge is 2.16. The van der Waals surface area contributed by atoms with Crippen LogP contribution in [0.2, 0.25) is 0 Å². The lowest BCUT2D eigenvalue weighted by molar-refractivity contribution is -0.134.